The van der Waals surface area contributed by atoms with E-state index in [0.29, 0.717) is 0 Å². The fraction of sp³-hybridized carbons (Fsp3) is 0.571. The molecule has 3 nitrogen and oxygen atoms in total. The topological polar surface area (TPSA) is 50.4 Å². The summed E-state index contributed by atoms with van der Waals surface area (Å²) in [4.78, 5) is 3.93. The molecular formula is C7H13N3. The minimum Gasteiger partial charge on any atom is -0.390 e. The molecule has 10 heavy (non-hydrogen) atoms. The monoisotopic (exact) mass is 139 g/mol. The molecule has 1 rings (SSSR count). The highest BCUT2D eigenvalue weighted by atomic mass is 15.0. The summed E-state index contributed by atoms with van der Waals surface area (Å²) in [6.07, 6.45) is 6.02. The maximum absolute atomic E-state index is 5.13. The maximum atomic E-state index is 5.13. The van der Waals surface area contributed by atoms with Gasteiger partial charge in [-0.1, -0.05) is 0 Å². The zero-order chi connectivity index (χ0) is 7.40. The molecule has 0 atom stereocenters. The van der Waals surface area contributed by atoms with Crippen molar-refractivity contribution in [3.8, 4) is 0 Å². The Labute approximate surface area is 61.0 Å². The van der Waals surface area contributed by atoms with E-state index in [0.717, 1.165) is 11.7 Å². The molecule has 0 bridgehead atoms. The number of nitrogens with two attached hydrogens (primary N) is 1. The van der Waals surface area contributed by atoms with Crippen LogP contribution in [0.25, 0.3) is 0 Å². The van der Waals surface area contributed by atoms with E-state index in [2.05, 4.69) is 16.4 Å². The third kappa shape index (κ3) is 2.09. The van der Waals surface area contributed by atoms with Crippen molar-refractivity contribution in [2.45, 2.75) is 12.8 Å². The number of aliphatic imine (C=N–C) groups is 1. The van der Waals surface area contributed by atoms with Gasteiger partial charge < -0.3 is 11.1 Å². The number of rotatable bonds is 3. The quantitative estimate of drug-likeness (QED) is 0.440. The lowest BCUT2D eigenvalue weighted by molar-refractivity contribution is 0.928. The molecule has 0 radical (unpaired) electrons. The van der Waals surface area contributed by atoms with Crippen LogP contribution in [-0.2, 0) is 0 Å². The molecule has 1 aliphatic rings. The van der Waals surface area contributed by atoms with Crippen LogP contribution < -0.4 is 11.1 Å². The second-order valence-corrected chi connectivity index (χ2v) is 2.42. The van der Waals surface area contributed by atoms with E-state index in [4.69, 9.17) is 5.73 Å². The highest BCUT2D eigenvalue weighted by Gasteiger charge is 2.18. The number of nitrogens with one attached hydrogen (secondary N) is 1. The van der Waals surface area contributed by atoms with Gasteiger partial charge in [-0.2, -0.15) is 0 Å². The first-order valence-electron chi connectivity index (χ1n) is 3.50. The molecule has 3 heteroatoms. The molecule has 1 aliphatic carbocycles. The van der Waals surface area contributed by atoms with Crippen molar-refractivity contribution in [3.05, 3.63) is 11.9 Å². The number of hydrogen-bond acceptors (Lipinski definition) is 2. The van der Waals surface area contributed by atoms with Crippen molar-refractivity contribution in [3.63, 3.8) is 0 Å². The first-order valence-corrected chi connectivity index (χ1v) is 3.50. The average Bonchev–Trinajstić information content (AvgIpc) is 2.71. The lowest BCUT2D eigenvalue weighted by Crippen LogP contribution is -2.05. The molecule has 0 amide bonds. The Morgan fingerprint density at radius 1 is 1.70 bits per heavy atom. The molecule has 0 aliphatic heterocycles. The molecule has 0 aromatic rings. The molecule has 0 spiro atoms. The van der Waals surface area contributed by atoms with Crippen molar-refractivity contribution in [2.24, 2.45) is 16.6 Å². The van der Waals surface area contributed by atoms with Gasteiger partial charge in [0.25, 0.3) is 0 Å². The average molecular weight is 139 g/mol. The van der Waals surface area contributed by atoms with E-state index >= 15 is 0 Å². The molecule has 0 heterocycles. The minimum atomic E-state index is 0.742. The SMILES string of the molecule is CN/C(=C/C1CC1)N=CN. The third-order valence-corrected chi connectivity index (χ3v) is 1.49. The Morgan fingerprint density at radius 3 is 2.80 bits per heavy atom. The number of nitrogens with zero attached hydrogens (tertiary/aromatic N) is 1. The molecule has 56 valence electrons. The third-order valence-electron chi connectivity index (χ3n) is 1.49. The van der Waals surface area contributed by atoms with E-state index in [1.165, 1.54) is 19.2 Å². The summed E-state index contributed by atoms with van der Waals surface area (Å²) in [5, 5.41) is 2.96. The van der Waals surface area contributed by atoms with E-state index in [1.807, 2.05) is 7.05 Å². The van der Waals surface area contributed by atoms with Crippen LogP contribution in [0.2, 0.25) is 0 Å². The molecule has 1 fully saturated rings. The van der Waals surface area contributed by atoms with E-state index in [1.54, 1.807) is 0 Å². The normalized spacial score (nSPS) is 19.9. The van der Waals surface area contributed by atoms with Gasteiger partial charge in [0, 0.05) is 7.05 Å². The zero-order valence-corrected chi connectivity index (χ0v) is 6.17. The van der Waals surface area contributed by atoms with E-state index in [-0.39, 0.29) is 0 Å². The highest BCUT2D eigenvalue weighted by molar-refractivity contribution is 5.53. The Balaban J connectivity index is 2.44. The molecule has 0 saturated heterocycles. The fourth-order valence-corrected chi connectivity index (χ4v) is 0.757. The van der Waals surface area contributed by atoms with Gasteiger partial charge in [-0.25, -0.2) is 4.99 Å². The molecule has 3 N–H and O–H groups in total. The van der Waals surface area contributed by atoms with Crippen LogP contribution in [0.1, 0.15) is 12.8 Å². The molecule has 0 aromatic carbocycles. The van der Waals surface area contributed by atoms with E-state index in [9.17, 15) is 0 Å². The maximum Gasteiger partial charge on any atom is 0.123 e. The van der Waals surface area contributed by atoms with Crippen molar-refractivity contribution in [1.82, 2.24) is 5.32 Å². The van der Waals surface area contributed by atoms with Crippen molar-refractivity contribution < 1.29 is 0 Å². The Hall–Kier alpha value is -0.990. The summed E-state index contributed by atoms with van der Waals surface area (Å²) in [7, 11) is 1.85. The van der Waals surface area contributed by atoms with Crippen molar-refractivity contribution in [2.75, 3.05) is 7.05 Å². The zero-order valence-electron chi connectivity index (χ0n) is 6.17. The van der Waals surface area contributed by atoms with Gasteiger partial charge in [0.1, 0.15) is 5.82 Å². The van der Waals surface area contributed by atoms with Gasteiger partial charge in [0.05, 0.1) is 6.34 Å². The first kappa shape index (κ1) is 7.12. The number of allylic oxidation sites excluding steroid dienone is 1. The van der Waals surface area contributed by atoms with Crippen LogP contribution in [0.4, 0.5) is 0 Å². The van der Waals surface area contributed by atoms with E-state index < -0.39 is 0 Å². The minimum absolute atomic E-state index is 0.742. The van der Waals surface area contributed by atoms with Gasteiger partial charge >= 0.3 is 0 Å². The van der Waals surface area contributed by atoms with Crippen LogP contribution in [-0.4, -0.2) is 13.4 Å². The van der Waals surface area contributed by atoms with Gasteiger partial charge in [0.15, 0.2) is 0 Å². The first-order chi connectivity index (χ1) is 4.86. The van der Waals surface area contributed by atoms with Gasteiger partial charge in [-0.3, -0.25) is 0 Å². The molecule has 1 saturated carbocycles. The Morgan fingerprint density at radius 2 is 2.40 bits per heavy atom. The van der Waals surface area contributed by atoms with Crippen LogP contribution in [0.15, 0.2) is 16.9 Å². The lowest BCUT2D eigenvalue weighted by atomic mass is 10.4. The summed E-state index contributed by atoms with van der Waals surface area (Å²) in [6, 6.07) is 0. The predicted octanol–water partition coefficient (Wildman–Crippen LogP) is 0.444. The van der Waals surface area contributed by atoms with Crippen molar-refractivity contribution >= 4 is 6.34 Å². The van der Waals surface area contributed by atoms with Crippen LogP contribution in [0.3, 0.4) is 0 Å². The molecule has 0 unspecified atom stereocenters. The smallest absolute Gasteiger partial charge is 0.123 e. The number of hydrogen-bond donors (Lipinski definition) is 2. The van der Waals surface area contributed by atoms with Crippen LogP contribution in [0, 0.1) is 5.92 Å². The largest absolute Gasteiger partial charge is 0.390 e. The molecule has 0 aromatic heterocycles. The van der Waals surface area contributed by atoms with Gasteiger partial charge in [-0.15, -0.1) is 0 Å². The molecular weight excluding hydrogens is 126 g/mol. The van der Waals surface area contributed by atoms with Gasteiger partial charge in [-0.05, 0) is 24.8 Å². The Bertz CT molecular complexity index is 156. The summed E-state index contributed by atoms with van der Waals surface area (Å²) < 4.78 is 0. The lowest BCUT2D eigenvalue weighted by Gasteiger charge is -1.96. The summed E-state index contributed by atoms with van der Waals surface area (Å²) in [6.45, 7) is 0. The Kier molecular flexibility index (Phi) is 2.31. The van der Waals surface area contributed by atoms with Crippen LogP contribution in [0.5, 0.6) is 0 Å². The second-order valence-electron chi connectivity index (χ2n) is 2.42. The standard InChI is InChI=1S/C7H13N3/c1-9-7(10-5-8)4-6-2-3-6/h4-6,9H,2-3H2,1H3,(H2,8,10)/b7-4-. The van der Waals surface area contributed by atoms with Crippen molar-refractivity contribution in [1.29, 1.82) is 0 Å². The fourth-order valence-electron chi connectivity index (χ4n) is 0.757. The summed E-state index contributed by atoms with van der Waals surface area (Å²) in [5.74, 6) is 1.62. The highest BCUT2D eigenvalue weighted by Crippen LogP contribution is 2.30. The van der Waals surface area contributed by atoms with Crippen LogP contribution >= 0.6 is 0 Å². The van der Waals surface area contributed by atoms with Gasteiger partial charge in [0.2, 0.25) is 0 Å². The summed E-state index contributed by atoms with van der Waals surface area (Å²) in [5.41, 5.74) is 5.13. The summed E-state index contributed by atoms with van der Waals surface area (Å²) >= 11 is 0. The second kappa shape index (κ2) is 3.25. The predicted molar refractivity (Wildman–Crippen MR) is 42.5 cm³/mol.